The Labute approximate surface area is 142 Å². The van der Waals surface area contributed by atoms with Gasteiger partial charge in [0.05, 0.1) is 0 Å². The van der Waals surface area contributed by atoms with E-state index < -0.39 is 23.1 Å². The highest BCUT2D eigenvalue weighted by molar-refractivity contribution is 5.94. The van der Waals surface area contributed by atoms with Crippen molar-refractivity contribution in [3.8, 4) is 5.69 Å². The van der Waals surface area contributed by atoms with Gasteiger partial charge in [-0.2, -0.15) is 0 Å². The molecule has 1 N–H and O–H groups in total. The highest BCUT2D eigenvalue weighted by Gasteiger charge is 2.16. The van der Waals surface area contributed by atoms with Gasteiger partial charge in [0.1, 0.15) is 17.2 Å². The molecule has 126 valence electrons. The minimum Gasteiger partial charge on any atom is -0.348 e. The zero-order chi connectivity index (χ0) is 17.8. The number of carbonyl (C=O) groups is 1. The summed E-state index contributed by atoms with van der Waals surface area (Å²) >= 11 is 0. The fourth-order valence-corrected chi connectivity index (χ4v) is 2.40. The first-order valence-electron chi connectivity index (χ1n) is 7.55. The van der Waals surface area contributed by atoms with Gasteiger partial charge < -0.3 is 5.32 Å². The number of benzene rings is 2. The first kappa shape index (κ1) is 16.6. The van der Waals surface area contributed by atoms with E-state index in [1.54, 1.807) is 42.6 Å². The fraction of sp³-hybridized carbons (Fsp3) is 0.0526. The number of aromatic nitrogens is 1. The van der Waals surface area contributed by atoms with E-state index in [0.29, 0.717) is 5.69 Å². The van der Waals surface area contributed by atoms with Crippen molar-refractivity contribution >= 4 is 5.91 Å². The van der Waals surface area contributed by atoms with Crippen molar-refractivity contribution in [3.05, 3.63) is 100.0 Å². The summed E-state index contributed by atoms with van der Waals surface area (Å²) in [6.45, 7) is 0.108. The van der Waals surface area contributed by atoms with Crippen molar-refractivity contribution in [1.29, 1.82) is 0 Å². The summed E-state index contributed by atoms with van der Waals surface area (Å²) in [5.41, 5.74) is 0.659. The Bertz CT molecular complexity index is 945. The van der Waals surface area contributed by atoms with E-state index in [0.717, 1.165) is 17.7 Å². The van der Waals surface area contributed by atoms with Crippen LogP contribution in [0.1, 0.15) is 15.9 Å². The van der Waals surface area contributed by atoms with Gasteiger partial charge in [0.25, 0.3) is 11.5 Å². The van der Waals surface area contributed by atoms with E-state index in [1.165, 1.54) is 16.7 Å². The number of halogens is 2. The van der Waals surface area contributed by atoms with Crippen LogP contribution in [0.2, 0.25) is 0 Å². The molecular formula is C19H14F2N2O2. The Hall–Kier alpha value is -3.28. The summed E-state index contributed by atoms with van der Waals surface area (Å²) in [6.07, 6.45) is 1.65. The third-order valence-electron chi connectivity index (χ3n) is 3.68. The van der Waals surface area contributed by atoms with Gasteiger partial charge in [-0.25, -0.2) is 8.78 Å². The Morgan fingerprint density at radius 1 is 0.920 bits per heavy atom. The SMILES string of the molecule is O=C(NCc1ccc(-n2ccccc2=O)cc1)c1c(F)cccc1F. The predicted octanol–water partition coefficient (Wildman–Crippen LogP) is 3.05. The Kier molecular flexibility index (Phi) is 4.70. The smallest absolute Gasteiger partial charge is 0.257 e. The zero-order valence-corrected chi connectivity index (χ0v) is 13.1. The van der Waals surface area contributed by atoms with Gasteiger partial charge >= 0.3 is 0 Å². The molecule has 0 fully saturated rings. The van der Waals surface area contributed by atoms with Gasteiger partial charge in [0, 0.05) is 24.5 Å². The molecule has 2 aromatic carbocycles. The Balaban J connectivity index is 1.71. The molecule has 0 bridgehead atoms. The highest BCUT2D eigenvalue weighted by atomic mass is 19.1. The molecule has 1 amide bonds. The summed E-state index contributed by atoms with van der Waals surface area (Å²) in [7, 11) is 0. The standard InChI is InChI=1S/C19H14F2N2O2/c20-15-4-3-5-16(21)18(15)19(25)22-12-13-7-9-14(10-8-13)23-11-2-1-6-17(23)24/h1-11H,12H2,(H,22,25). The van der Waals surface area contributed by atoms with Crippen molar-refractivity contribution in [2.45, 2.75) is 6.54 Å². The molecule has 0 unspecified atom stereocenters. The van der Waals surface area contributed by atoms with E-state index in [2.05, 4.69) is 5.32 Å². The average Bonchev–Trinajstić information content (AvgIpc) is 2.61. The number of nitrogens with zero attached hydrogens (tertiary/aromatic N) is 1. The maximum absolute atomic E-state index is 13.6. The lowest BCUT2D eigenvalue weighted by Gasteiger charge is -2.09. The molecule has 0 radical (unpaired) electrons. The number of rotatable bonds is 4. The van der Waals surface area contributed by atoms with Gasteiger partial charge in [0.15, 0.2) is 0 Å². The number of carbonyl (C=O) groups excluding carboxylic acids is 1. The largest absolute Gasteiger partial charge is 0.348 e. The molecule has 0 saturated heterocycles. The highest BCUT2D eigenvalue weighted by Crippen LogP contribution is 2.12. The van der Waals surface area contributed by atoms with Gasteiger partial charge in [0.2, 0.25) is 0 Å². The summed E-state index contributed by atoms with van der Waals surface area (Å²) in [6, 6.07) is 15.0. The molecule has 25 heavy (non-hydrogen) atoms. The third kappa shape index (κ3) is 3.63. The monoisotopic (exact) mass is 340 g/mol. The molecule has 1 heterocycles. The van der Waals surface area contributed by atoms with Gasteiger partial charge in [-0.05, 0) is 35.9 Å². The van der Waals surface area contributed by atoms with Crippen LogP contribution in [-0.4, -0.2) is 10.5 Å². The molecule has 3 aromatic rings. The number of amides is 1. The molecule has 6 heteroatoms. The average molecular weight is 340 g/mol. The third-order valence-corrected chi connectivity index (χ3v) is 3.68. The lowest BCUT2D eigenvalue weighted by molar-refractivity contribution is 0.0942. The van der Waals surface area contributed by atoms with Crippen LogP contribution in [-0.2, 0) is 6.54 Å². The maximum atomic E-state index is 13.6. The van der Waals surface area contributed by atoms with Crippen LogP contribution in [0.4, 0.5) is 8.78 Å². The molecule has 1 aromatic heterocycles. The van der Waals surface area contributed by atoms with Crippen LogP contribution in [0, 0.1) is 11.6 Å². The van der Waals surface area contributed by atoms with E-state index in [9.17, 15) is 18.4 Å². The summed E-state index contributed by atoms with van der Waals surface area (Å²) in [5, 5.41) is 2.48. The van der Waals surface area contributed by atoms with E-state index in [1.807, 2.05) is 0 Å². The second-order valence-corrected chi connectivity index (χ2v) is 5.35. The fourth-order valence-electron chi connectivity index (χ4n) is 2.40. The molecule has 4 nitrogen and oxygen atoms in total. The summed E-state index contributed by atoms with van der Waals surface area (Å²) in [4.78, 5) is 23.7. The van der Waals surface area contributed by atoms with Crippen LogP contribution in [0.25, 0.3) is 5.69 Å². The van der Waals surface area contributed by atoms with Crippen molar-refractivity contribution in [1.82, 2.24) is 9.88 Å². The van der Waals surface area contributed by atoms with Crippen LogP contribution >= 0.6 is 0 Å². The number of pyridine rings is 1. The second-order valence-electron chi connectivity index (χ2n) is 5.35. The molecule has 3 rings (SSSR count). The first-order valence-corrected chi connectivity index (χ1v) is 7.55. The summed E-state index contributed by atoms with van der Waals surface area (Å²) < 4.78 is 28.6. The molecular weight excluding hydrogens is 326 g/mol. The predicted molar refractivity (Wildman–Crippen MR) is 89.6 cm³/mol. The number of nitrogens with one attached hydrogen (secondary N) is 1. The van der Waals surface area contributed by atoms with Crippen LogP contribution in [0.15, 0.2) is 71.7 Å². The van der Waals surface area contributed by atoms with Gasteiger partial charge in [-0.15, -0.1) is 0 Å². The normalized spacial score (nSPS) is 10.5. The topological polar surface area (TPSA) is 51.1 Å². The minimum atomic E-state index is -0.906. The molecule has 0 atom stereocenters. The number of hydrogen-bond acceptors (Lipinski definition) is 2. The molecule has 0 aliphatic carbocycles. The van der Waals surface area contributed by atoms with Crippen molar-refractivity contribution in [3.63, 3.8) is 0 Å². The first-order chi connectivity index (χ1) is 12.1. The van der Waals surface area contributed by atoms with Crippen LogP contribution in [0.3, 0.4) is 0 Å². The lowest BCUT2D eigenvalue weighted by atomic mass is 10.1. The van der Waals surface area contributed by atoms with E-state index in [4.69, 9.17) is 0 Å². The quantitative estimate of drug-likeness (QED) is 0.794. The number of hydrogen-bond donors (Lipinski definition) is 1. The second kappa shape index (κ2) is 7.09. The molecule has 0 spiro atoms. The van der Waals surface area contributed by atoms with Gasteiger partial charge in [-0.1, -0.05) is 24.3 Å². The van der Waals surface area contributed by atoms with E-state index >= 15 is 0 Å². The van der Waals surface area contributed by atoms with E-state index in [-0.39, 0.29) is 12.1 Å². The summed E-state index contributed by atoms with van der Waals surface area (Å²) in [5.74, 6) is -2.63. The molecule has 0 aliphatic rings. The van der Waals surface area contributed by atoms with Crippen LogP contribution in [0.5, 0.6) is 0 Å². The zero-order valence-electron chi connectivity index (χ0n) is 13.1. The lowest BCUT2D eigenvalue weighted by Crippen LogP contribution is -2.25. The van der Waals surface area contributed by atoms with Crippen molar-refractivity contribution in [2.75, 3.05) is 0 Å². The maximum Gasteiger partial charge on any atom is 0.257 e. The minimum absolute atomic E-state index is 0.108. The van der Waals surface area contributed by atoms with Gasteiger partial charge in [-0.3, -0.25) is 14.2 Å². The Morgan fingerprint density at radius 3 is 2.24 bits per heavy atom. The molecule has 0 saturated carbocycles. The molecule has 0 aliphatic heterocycles. The Morgan fingerprint density at radius 2 is 1.60 bits per heavy atom. The van der Waals surface area contributed by atoms with Crippen molar-refractivity contribution < 1.29 is 13.6 Å². The van der Waals surface area contributed by atoms with Crippen LogP contribution < -0.4 is 10.9 Å². The van der Waals surface area contributed by atoms with Crippen molar-refractivity contribution in [2.24, 2.45) is 0 Å².